The number of para-hydroxylation sites is 1. The summed E-state index contributed by atoms with van der Waals surface area (Å²) in [5, 5.41) is 3.49. The van der Waals surface area contributed by atoms with Gasteiger partial charge in [0.2, 0.25) is 0 Å². The van der Waals surface area contributed by atoms with E-state index in [9.17, 15) is 0 Å². The highest BCUT2D eigenvalue weighted by atomic mass is 16.5. The first-order chi connectivity index (χ1) is 11.8. The standard InChI is InChI=1S/C22H23NO/c1-18-9-5-6-13-21(18)17-24-22-14-8-7-12-20(22)16-23-15-19-10-3-2-4-11-19/h2-14,23H,15-17H2,1H3. The van der Waals surface area contributed by atoms with Gasteiger partial charge in [-0.15, -0.1) is 0 Å². The summed E-state index contributed by atoms with van der Waals surface area (Å²) in [6.45, 7) is 4.36. The molecular formula is C22H23NO. The van der Waals surface area contributed by atoms with Crippen molar-refractivity contribution in [2.45, 2.75) is 26.6 Å². The Morgan fingerprint density at radius 2 is 1.38 bits per heavy atom. The minimum atomic E-state index is 0.600. The number of nitrogens with one attached hydrogen (secondary N) is 1. The Labute approximate surface area is 144 Å². The summed E-state index contributed by atoms with van der Waals surface area (Å²) < 4.78 is 6.07. The highest BCUT2D eigenvalue weighted by molar-refractivity contribution is 5.34. The SMILES string of the molecule is Cc1ccccc1COc1ccccc1CNCc1ccccc1. The van der Waals surface area contributed by atoms with Crippen LogP contribution in [0.3, 0.4) is 0 Å². The van der Waals surface area contributed by atoms with Gasteiger partial charge in [0.15, 0.2) is 0 Å². The molecule has 0 aliphatic carbocycles. The predicted molar refractivity (Wildman–Crippen MR) is 98.9 cm³/mol. The van der Waals surface area contributed by atoms with Crippen LogP contribution in [0, 0.1) is 6.92 Å². The summed E-state index contributed by atoms with van der Waals surface area (Å²) in [5.41, 5.74) is 4.96. The van der Waals surface area contributed by atoms with Crippen molar-refractivity contribution in [3.8, 4) is 5.75 Å². The first kappa shape index (κ1) is 16.3. The van der Waals surface area contributed by atoms with Gasteiger partial charge in [-0.3, -0.25) is 0 Å². The normalized spacial score (nSPS) is 10.5. The van der Waals surface area contributed by atoms with Crippen molar-refractivity contribution in [1.29, 1.82) is 0 Å². The Morgan fingerprint density at radius 1 is 0.708 bits per heavy atom. The molecule has 2 heteroatoms. The molecule has 122 valence electrons. The molecule has 0 bridgehead atoms. The summed E-state index contributed by atoms with van der Waals surface area (Å²) in [6.07, 6.45) is 0. The van der Waals surface area contributed by atoms with Crippen LogP contribution in [-0.2, 0) is 19.7 Å². The third-order valence-corrected chi connectivity index (χ3v) is 4.10. The van der Waals surface area contributed by atoms with Crippen LogP contribution < -0.4 is 10.1 Å². The van der Waals surface area contributed by atoms with E-state index >= 15 is 0 Å². The quantitative estimate of drug-likeness (QED) is 0.671. The molecule has 1 N–H and O–H groups in total. The van der Waals surface area contributed by atoms with E-state index in [4.69, 9.17) is 4.74 Å². The molecule has 0 radical (unpaired) electrons. The van der Waals surface area contributed by atoms with Gasteiger partial charge in [0.1, 0.15) is 12.4 Å². The summed E-state index contributed by atoms with van der Waals surface area (Å²) in [7, 11) is 0. The molecule has 0 aliphatic rings. The molecule has 0 aromatic heterocycles. The van der Waals surface area contributed by atoms with Crippen molar-refractivity contribution in [3.63, 3.8) is 0 Å². The Morgan fingerprint density at radius 3 is 2.17 bits per heavy atom. The molecule has 3 aromatic rings. The maximum atomic E-state index is 6.07. The van der Waals surface area contributed by atoms with Crippen LogP contribution >= 0.6 is 0 Å². The molecule has 0 saturated heterocycles. The topological polar surface area (TPSA) is 21.3 Å². The van der Waals surface area contributed by atoms with Crippen LogP contribution in [0.4, 0.5) is 0 Å². The van der Waals surface area contributed by atoms with Crippen molar-refractivity contribution in [1.82, 2.24) is 5.32 Å². The predicted octanol–water partition coefficient (Wildman–Crippen LogP) is 4.86. The maximum Gasteiger partial charge on any atom is 0.124 e. The van der Waals surface area contributed by atoms with Crippen LogP contribution in [0.2, 0.25) is 0 Å². The van der Waals surface area contributed by atoms with Crippen molar-refractivity contribution in [2.24, 2.45) is 0 Å². The van der Waals surface area contributed by atoms with E-state index in [1.54, 1.807) is 0 Å². The van der Waals surface area contributed by atoms with E-state index in [2.05, 4.69) is 72.9 Å². The molecular weight excluding hydrogens is 294 g/mol. The minimum absolute atomic E-state index is 0.600. The highest BCUT2D eigenvalue weighted by Gasteiger charge is 2.04. The van der Waals surface area contributed by atoms with Crippen LogP contribution in [0.5, 0.6) is 5.75 Å². The molecule has 0 saturated carbocycles. The van der Waals surface area contributed by atoms with E-state index in [0.29, 0.717) is 6.61 Å². The fourth-order valence-electron chi connectivity index (χ4n) is 2.66. The fraction of sp³-hybridized carbons (Fsp3) is 0.182. The van der Waals surface area contributed by atoms with E-state index < -0.39 is 0 Å². The zero-order valence-corrected chi connectivity index (χ0v) is 14.0. The molecule has 0 fully saturated rings. The first-order valence-electron chi connectivity index (χ1n) is 8.33. The highest BCUT2D eigenvalue weighted by Crippen LogP contribution is 2.20. The Kier molecular flexibility index (Phi) is 5.65. The second-order valence-electron chi connectivity index (χ2n) is 5.91. The number of hydrogen-bond donors (Lipinski definition) is 1. The first-order valence-corrected chi connectivity index (χ1v) is 8.33. The molecule has 0 aliphatic heterocycles. The average Bonchev–Trinajstić information content (AvgIpc) is 2.63. The van der Waals surface area contributed by atoms with Gasteiger partial charge in [0, 0.05) is 18.7 Å². The van der Waals surface area contributed by atoms with Crippen molar-refractivity contribution in [3.05, 3.63) is 101 Å². The van der Waals surface area contributed by atoms with Crippen LogP contribution in [0.15, 0.2) is 78.9 Å². The van der Waals surface area contributed by atoms with Crippen molar-refractivity contribution in [2.75, 3.05) is 0 Å². The lowest BCUT2D eigenvalue weighted by molar-refractivity contribution is 0.301. The lowest BCUT2D eigenvalue weighted by Crippen LogP contribution is -2.13. The van der Waals surface area contributed by atoms with Gasteiger partial charge in [-0.05, 0) is 29.7 Å². The Bertz CT molecular complexity index is 768. The van der Waals surface area contributed by atoms with E-state index in [1.807, 2.05) is 18.2 Å². The van der Waals surface area contributed by atoms with E-state index in [0.717, 1.165) is 18.8 Å². The number of aryl methyl sites for hydroxylation is 1. The van der Waals surface area contributed by atoms with Crippen LogP contribution in [0.1, 0.15) is 22.3 Å². The molecule has 0 unspecified atom stereocenters. The van der Waals surface area contributed by atoms with E-state index in [1.165, 1.54) is 22.3 Å². The van der Waals surface area contributed by atoms with Gasteiger partial charge in [0.05, 0.1) is 0 Å². The zero-order chi connectivity index (χ0) is 16.6. The lowest BCUT2D eigenvalue weighted by atomic mass is 10.1. The van der Waals surface area contributed by atoms with Gasteiger partial charge in [-0.25, -0.2) is 0 Å². The number of hydrogen-bond acceptors (Lipinski definition) is 2. The second kappa shape index (κ2) is 8.32. The Balaban J connectivity index is 1.59. The lowest BCUT2D eigenvalue weighted by Gasteiger charge is -2.13. The molecule has 3 aromatic carbocycles. The van der Waals surface area contributed by atoms with Gasteiger partial charge in [-0.1, -0.05) is 72.8 Å². The van der Waals surface area contributed by atoms with Crippen LogP contribution in [0.25, 0.3) is 0 Å². The minimum Gasteiger partial charge on any atom is -0.489 e. The molecule has 0 atom stereocenters. The van der Waals surface area contributed by atoms with Crippen molar-refractivity contribution >= 4 is 0 Å². The fourth-order valence-corrected chi connectivity index (χ4v) is 2.66. The molecule has 0 heterocycles. The molecule has 3 rings (SSSR count). The Hall–Kier alpha value is -2.58. The van der Waals surface area contributed by atoms with Crippen molar-refractivity contribution < 1.29 is 4.74 Å². The summed E-state index contributed by atoms with van der Waals surface area (Å²) in [4.78, 5) is 0. The maximum absolute atomic E-state index is 6.07. The summed E-state index contributed by atoms with van der Waals surface area (Å²) >= 11 is 0. The third kappa shape index (κ3) is 4.46. The largest absolute Gasteiger partial charge is 0.489 e. The molecule has 24 heavy (non-hydrogen) atoms. The average molecular weight is 317 g/mol. The number of benzene rings is 3. The number of ether oxygens (including phenoxy) is 1. The van der Waals surface area contributed by atoms with Gasteiger partial charge in [-0.2, -0.15) is 0 Å². The summed E-state index contributed by atoms with van der Waals surface area (Å²) in [6, 6.07) is 27.0. The molecule has 0 spiro atoms. The smallest absolute Gasteiger partial charge is 0.124 e. The zero-order valence-electron chi connectivity index (χ0n) is 14.0. The molecule has 0 amide bonds. The molecule has 2 nitrogen and oxygen atoms in total. The van der Waals surface area contributed by atoms with Gasteiger partial charge < -0.3 is 10.1 Å². The number of rotatable bonds is 7. The van der Waals surface area contributed by atoms with E-state index in [-0.39, 0.29) is 0 Å². The second-order valence-corrected chi connectivity index (χ2v) is 5.91. The monoisotopic (exact) mass is 317 g/mol. The van der Waals surface area contributed by atoms with Crippen LogP contribution in [-0.4, -0.2) is 0 Å². The van der Waals surface area contributed by atoms with Gasteiger partial charge >= 0.3 is 0 Å². The van der Waals surface area contributed by atoms with Gasteiger partial charge in [0.25, 0.3) is 0 Å². The summed E-state index contributed by atoms with van der Waals surface area (Å²) in [5.74, 6) is 0.946. The third-order valence-electron chi connectivity index (χ3n) is 4.10.